The monoisotopic (exact) mass is 163 g/mol. The molecule has 1 N–H and O–H groups in total. The van der Waals surface area contributed by atoms with Crippen molar-refractivity contribution in [3.63, 3.8) is 0 Å². The molecule has 66 valence electrons. The van der Waals surface area contributed by atoms with Crippen molar-refractivity contribution in [2.24, 2.45) is 0 Å². The van der Waals surface area contributed by atoms with Gasteiger partial charge in [0.05, 0.1) is 0 Å². The average molecular weight is 163 g/mol. The van der Waals surface area contributed by atoms with E-state index in [0.29, 0.717) is 0 Å². The van der Waals surface area contributed by atoms with Gasteiger partial charge in [-0.3, -0.25) is 0 Å². The van der Waals surface area contributed by atoms with Gasteiger partial charge in [0.2, 0.25) is 0 Å². The van der Waals surface area contributed by atoms with Crippen molar-refractivity contribution < 1.29 is 0 Å². The molecule has 0 saturated heterocycles. The lowest BCUT2D eigenvalue weighted by Crippen LogP contribution is -2.04. The molecule has 0 bridgehead atoms. The van der Waals surface area contributed by atoms with E-state index in [4.69, 9.17) is 0 Å². The van der Waals surface area contributed by atoms with E-state index in [1.54, 1.807) is 0 Å². The van der Waals surface area contributed by atoms with Crippen LogP contribution in [-0.2, 0) is 0 Å². The molecule has 0 aliphatic carbocycles. The highest BCUT2D eigenvalue weighted by atomic mass is 14.8. The summed E-state index contributed by atoms with van der Waals surface area (Å²) in [6.45, 7) is 9.57. The summed E-state index contributed by atoms with van der Waals surface area (Å²) in [5.74, 6) is 0. The van der Waals surface area contributed by atoms with Crippen molar-refractivity contribution >= 4 is 0 Å². The predicted octanol–water partition coefficient (Wildman–Crippen LogP) is 2.80. The molecule has 0 amide bonds. The summed E-state index contributed by atoms with van der Waals surface area (Å²) in [6.07, 6.45) is 8.72. The third-order valence-electron chi connectivity index (χ3n) is 1.54. The van der Waals surface area contributed by atoms with Crippen LogP contribution >= 0.6 is 0 Å². The first kappa shape index (κ1) is 10.8. The van der Waals surface area contributed by atoms with E-state index >= 15 is 0 Å². The van der Waals surface area contributed by atoms with E-state index < -0.39 is 0 Å². The van der Waals surface area contributed by atoms with Crippen molar-refractivity contribution in [1.82, 2.24) is 5.32 Å². The zero-order valence-corrected chi connectivity index (χ0v) is 7.93. The lowest BCUT2D eigenvalue weighted by Gasteiger charge is -2.03. The average Bonchev–Trinajstić information content (AvgIpc) is 2.11. The quantitative estimate of drug-likeness (QED) is 0.614. The molecule has 1 nitrogen and oxygen atoms in total. The van der Waals surface area contributed by atoms with Gasteiger partial charge >= 0.3 is 0 Å². The molecule has 0 fully saturated rings. The highest BCUT2D eigenvalue weighted by molar-refractivity contribution is 5.26. The normalized spacial score (nSPS) is 11.7. The van der Waals surface area contributed by atoms with Gasteiger partial charge in [0, 0.05) is 19.2 Å². The predicted molar refractivity (Wildman–Crippen MR) is 55.9 cm³/mol. The Morgan fingerprint density at radius 1 is 1.50 bits per heavy atom. The first-order chi connectivity index (χ1) is 5.74. The second kappa shape index (κ2) is 6.47. The van der Waals surface area contributed by atoms with Crippen molar-refractivity contribution in [2.75, 3.05) is 7.05 Å². The molecule has 12 heavy (non-hydrogen) atoms. The van der Waals surface area contributed by atoms with Gasteiger partial charge in [-0.2, -0.15) is 0 Å². The van der Waals surface area contributed by atoms with Gasteiger partial charge in [0.25, 0.3) is 0 Å². The third kappa shape index (κ3) is 4.56. The molecule has 0 aromatic rings. The van der Waals surface area contributed by atoms with Crippen LogP contribution in [0.25, 0.3) is 0 Å². The molecule has 0 rings (SSSR count). The molecule has 0 atom stereocenters. The summed E-state index contributed by atoms with van der Waals surface area (Å²) in [5, 5.41) is 3.00. The standard InChI is InChI=1S/C11H17N/c1-5-7-8-11(6-2)9-10(3)12-4/h5-8,12H,2-3,9H2,1,4H3/b7-5-,11-8+. The van der Waals surface area contributed by atoms with Crippen LogP contribution in [0.2, 0.25) is 0 Å². The van der Waals surface area contributed by atoms with Gasteiger partial charge in [-0.15, -0.1) is 0 Å². The molecular formula is C11H17N. The largest absolute Gasteiger partial charge is 0.392 e. The molecule has 0 spiro atoms. The van der Waals surface area contributed by atoms with E-state index in [1.807, 2.05) is 38.3 Å². The molecule has 0 aliphatic rings. The SMILES string of the molecule is C=C/C(=C\C=C/C)CC(=C)NC. The molecule has 0 aromatic carbocycles. The summed E-state index contributed by atoms with van der Waals surface area (Å²) in [6, 6.07) is 0. The Morgan fingerprint density at radius 3 is 2.58 bits per heavy atom. The Bertz CT molecular complexity index is 209. The van der Waals surface area contributed by atoms with Crippen LogP contribution in [0.5, 0.6) is 0 Å². The molecule has 0 aliphatic heterocycles. The molecule has 0 unspecified atom stereocenters. The van der Waals surface area contributed by atoms with Crippen LogP contribution in [0.3, 0.4) is 0 Å². The first-order valence-electron chi connectivity index (χ1n) is 4.04. The smallest absolute Gasteiger partial charge is 0.0116 e. The fourth-order valence-electron chi connectivity index (χ4n) is 0.754. The molecule has 1 heteroatoms. The summed E-state index contributed by atoms with van der Waals surface area (Å²) < 4.78 is 0. The van der Waals surface area contributed by atoms with Crippen molar-refractivity contribution in [3.8, 4) is 0 Å². The third-order valence-corrected chi connectivity index (χ3v) is 1.54. The minimum absolute atomic E-state index is 0.838. The Hall–Kier alpha value is -1.24. The van der Waals surface area contributed by atoms with Crippen molar-refractivity contribution in [2.45, 2.75) is 13.3 Å². The van der Waals surface area contributed by atoms with E-state index in [0.717, 1.165) is 12.1 Å². The van der Waals surface area contributed by atoms with E-state index in [-0.39, 0.29) is 0 Å². The van der Waals surface area contributed by atoms with E-state index in [1.165, 1.54) is 5.57 Å². The van der Waals surface area contributed by atoms with Crippen LogP contribution < -0.4 is 5.32 Å². The first-order valence-corrected chi connectivity index (χ1v) is 4.04. The fraction of sp³-hybridized carbons (Fsp3) is 0.273. The minimum atomic E-state index is 0.838. The van der Waals surface area contributed by atoms with E-state index in [2.05, 4.69) is 18.5 Å². The Kier molecular flexibility index (Phi) is 5.80. The number of rotatable bonds is 5. The van der Waals surface area contributed by atoms with Gasteiger partial charge in [-0.1, -0.05) is 37.5 Å². The maximum absolute atomic E-state index is 3.85. The molecule has 0 heterocycles. The van der Waals surface area contributed by atoms with Crippen LogP contribution in [0, 0.1) is 0 Å². The lowest BCUT2D eigenvalue weighted by molar-refractivity contribution is 0.931. The fourth-order valence-corrected chi connectivity index (χ4v) is 0.754. The number of allylic oxidation sites excluding steroid dienone is 5. The van der Waals surface area contributed by atoms with Crippen molar-refractivity contribution in [3.05, 3.63) is 48.7 Å². The van der Waals surface area contributed by atoms with E-state index in [9.17, 15) is 0 Å². The summed E-state index contributed by atoms with van der Waals surface area (Å²) >= 11 is 0. The summed E-state index contributed by atoms with van der Waals surface area (Å²) in [4.78, 5) is 0. The highest BCUT2D eigenvalue weighted by Crippen LogP contribution is 2.07. The zero-order chi connectivity index (χ0) is 9.40. The topological polar surface area (TPSA) is 12.0 Å². The van der Waals surface area contributed by atoms with Crippen LogP contribution in [-0.4, -0.2) is 7.05 Å². The van der Waals surface area contributed by atoms with Gasteiger partial charge in [0.1, 0.15) is 0 Å². The van der Waals surface area contributed by atoms with Gasteiger partial charge in [0.15, 0.2) is 0 Å². The Balaban J connectivity index is 4.17. The van der Waals surface area contributed by atoms with Gasteiger partial charge < -0.3 is 5.32 Å². The molecule has 0 radical (unpaired) electrons. The zero-order valence-electron chi connectivity index (χ0n) is 7.93. The molecular weight excluding hydrogens is 146 g/mol. The number of hydrogen-bond acceptors (Lipinski definition) is 1. The summed E-state index contributed by atoms with van der Waals surface area (Å²) in [7, 11) is 1.87. The second-order valence-electron chi connectivity index (χ2n) is 2.50. The van der Waals surface area contributed by atoms with Crippen LogP contribution in [0.15, 0.2) is 48.7 Å². The van der Waals surface area contributed by atoms with Crippen LogP contribution in [0.4, 0.5) is 0 Å². The van der Waals surface area contributed by atoms with Gasteiger partial charge in [-0.05, 0) is 12.5 Å². The second-order valence-corrected chi connectivity index (χ2v) is 2.50. The maximum Gasteiger partial charge on any atom is 0.0116 e. The Labute approximate surface area is 75.2 Å². The lowest BCUT2D eigenvalue weighted by atomic mass is 10.1. The summed E-state index contributed by atoms with van der Waals surface area (Å²) in [5.41, 5.74) is 2.18. The Morgan fingerprint density at radius 2 is 2.17 bits per heavy atom. The molecule has 0 saturated carbocycles. The maximum atomic E-state index is 3.85. The highest BCUT2D eigenvalue weighted by Gasteiger charge is 1.92. The molecule has 0 aromatic heterocycles. The van der Waals surface area contributed by atoms with Crippen LogP contribution in [0.1, 0.15) is 13.3 Å². The van der Waals surface area contributed by atoms with Crippen molar-refractivity contribution in [1.29, 1.82) is 0 Å². The number of nitrogens with one attached hydrogen (secondary N) is 1. The number of hydrogen-bond donors (Lipinski definition) is 1. The van der Waals surface area contributed by atoms with Gasteiger partial charge in [-0.25, -0.2) is 0 Å². The minimum Gasteiger partial charge on any atom is -0.392 e.